The first-order valence-electron chi connectivity index (χ1n) is 11.8. The molecule has 1 aromatic carbocycles. The van der Waals surface area contributed by atoms with Gasteiger partial charge in [-0.3, -0.25) is 9.59 Å². The van der Waals surface area contributed by atoms with E-state index in [1.165, 1.54) is 61.1 Å². The van der Waals surface area contributed by atoms with Crippen LogP contribution in [0.3, 0.4) is 0 Å². The lowest BCUT2D eigenvalue weighted by Crippen LogP contribution is -2.48. The molecule has 0 spiro atoms. The minimum absolute atomic E-state index is 0.0393. The zero-order valence-corrected chi connectivity index (χ0v) is 20.1. The van der Waals surface area contributed by atoms with Gasteiger partial charge in [0.15, 0.2) is 5.13 Å². The van der Waals surface area contributed by atoms with Gasteiger partial charge in [-0.15, -0.1) is 11.3 Å². The number of aromatic nitrogens is 1. The molecule has 4 fully saturated rings. The molecule has 4 bridgehead atoms. The van der Waals surface area contributed by atoms with Gasteiger partial charge in [0.05, 0.1) is 12.2 Å². The van der Waals surface area contributed by atoms with Gasteiger partial charge in [0, 0.05) is 16.4 Å². The lowest BCUT2D eigenvalue weighted by molar-refractivity contribution is -0.115. The molecule has 0 aliphatic heterocycles. The lowest BCUT2D eigenvalue weighted by Gasteiger charge is -2.56. The summed E-state index contributed by atoms with van der Waals surface area (Å²) in [6, 6.07) is 7.56. The number of nitrogens with one attached hydrogen (secondary N) is 2. The highest BCUT2D eigenvalue weighted by Gasteiger charge is 2.52. The Morgan fingerprint density at radius 2 is 1.62 bits per heavy atom. The van der Waals surface area contributed by atoms with Crippen LogP contribution in [-0.4, -0.2) is 23.3 Å². The Labute approximate surface area is 194 Å². The molecule has 2 amide bonds. The molecule has 0 saturated heterocycles. The Morgan fingerprint density at radius 1 is 1.03 bits per heavy atom. The SMILES string of the molecule is CC(C)(C)c1ccc(C(=O)NCC(=O)Nc2nc(C34CC5CC(CC(C5)C3)C4)cs2)cc1. The van der Waals surface area contributed by atoms with E-state index in [4.69, 9.17) is 4.98 Å². The largest absolute Gasteiger partial charge is 0.343 e. The zero-order chi connectivity index (χ0) is 22.5. The van der Waals surface area contributed by atoms with Crippen LogP contribution in [0.2, 0.25) is 0 Å². The second-order valence-corrected chi connectivity index (χ2v) is 12.2. The Bertz CT molecular complexity index is 983. The van der Waals surface area contributed by atoms with Gasteiger partial charge in [-0.25, -0.2) is 4.98 Å². The second kappa shape index (κ2) is 7.98. The van der Waals surface area contributed by atoms with Crippen LogP contribution < -0.4 is 10.6 Å². The van der Waals surface area contributed by atoms with Gasteiger partial charge < -0.3 is 10.6 Å². The highest BCUT2D eigenvalue weighted by Crippen LogP contribution is 2.60. The number of carbonyl (C=O) groups is 2. The summed E-state index contributed by atoms with van der Waals surface area (Å²) in [6.07, 6.45) is 8.02. The maximum atomic E-state index is 12.4. The summed E-state index contributed by atoms with van der Waals surface area (Å²) in [7, 11) is 0. The van der Waals surface area contributed by atoms with Crippen LogP contribution in [0.15, 0.2) is 29.6 Å². The molecule has 6 rings (SSSR count). The minimum atomic E-state index is -0.242. The van der Waals surface area contributed by atoms with Crippen LogP contribution in [0.1, 0.15) is 80.9 Å². The van der Waals surface area contributed by atoms with Crippen molar-refractivity contribution >= 4 is 28.3 Å². The molecule has 0 atom stereocenters. The van der Waals surface area contributed by atoms with Crippen LogP contribution in [0.4, 0.5) is 5.13 Å². The molecule has 0 unspecified atom stereocenters. The maximum Gasteiger partial charge on any atom is 0.251 e. The smallest absolute Gasteiger partial charge is 0.251 e. The normalized spacial score (nSPS) is 28.5. The van der Waals surface area contributed by atoms with Crippen molar-refractivity contribution in [2.24, 2.45) is 17.8 Å². The predicted molar refractivity (Wildman–Crippen MR) is 128 cm³/mol. The molecule has 0 radical (unpaired) electrons. The van der Waals surface area contributed by atoms with Crippen molar-refractivity contribution in [1.82, 2.24) is 10.3 Å². The van der Waals surface area contributed by atoms with E-state index in [1.807, 2.05) is 24.3 Å². The maximum absolute atomic E-state index is 12.4. The summed E-state index contributed by atoms with van der Waals surface area (Å²) in [5.41, 5.74) is 3.19. The first-order valence-corrected chi connectivity index (χ1v) is 12.7. The standard InChI is InChI=1S/C26H33N3O2S/c1-25(2,3)20-6-4-19(5-7-20)23(31)27-14-22(30)29-24-28-21(15-32-24)26-11-16-8-17(12-26)10-18(9-16)13-26/h4-7,15-18H,8-14H2,1-3H3,(H,27,31)(H,28,29,30). The summed E-state index contributed by atoms with van der Waals surface area (Å²) in [4.78, 5) is 29.7. The van der Waals surface area contributed by atoms with E-state index in [2.05, 4.69) is 36.8 Å². The molecule has 4 aliphatic carbocycles. The van der Waals surface area contributed by atoms with Crippen LogP contribution >= 0.6 is 11.3 Å². The molecule has 6 heteroatoms. The van der Waals surface area contributed by atoms with Crippen molar-refractivity contribution in [1.29, 1.82) is 0 Å². The van der Waals surface area contributed by atoms with E-state index in [-0.39, 0.29) is 29.2 Å². The monoisotopic (exact) mass is 451 g/mol. The van der Waals surface area contributed by atoms with Crippen molar-refractivity contribution in [3.63, 3.8) is 0 Å². The Hall–Kier alpha value is -2.21. The highest BCUT2D eigenvalue weighted by atomic mass is 32.1. The lowest BCUT2D eigenvalue weighted by atomic mass is 9.49. The third-order valence-electron chi connectivity index (χ3n) is 7.75. The highest BCUT2D eigenvalue weighted by molar-refractivity contribution is 7.14. The molecule has 5 nitrogen and oxygen atoms in total. The fourth-order valence-electron chi connectivity index (χ4n) is 6.55. The molecule has 1 heterocycles. The predicted octanol–water partition coefficient (Wildman–Crippen LogP) is 5.28. The number of amides is 2. The first-order chi connectivity index (χ1) is 15.2. The number of carbonyl (C=O) groups excluding carboxylic acids is 2. The van der Waals surface area contributed by atoms with Gasteiger partial charge in [-0.2, -0.15) is 0 Å². The van der Waals surface area contributed by atoms with Gasteiger partial charge in [-0.1, -0.05) is 32.9 Å². The number of thiazole rings is 1. The number of rotatable bonds is 5. The molecular weight excluding hydrogens is 418 g/mol. The Kier molecular flexibility index (Phi) is 5.39. The number of hydrogen-bond donors (Lipinski definition) is 2. The van der Waals surface area contributed by atoms with E-state index in [0.29, 0.717) is 10.7 Å². The molecule has 1 aromatic heterocycles. The third-order valence-corrected chi connectivity index (χ3v) is 8.51. The number of anilines is 1. The van der Waals surface area contributed by atoms with E-state index >= 15 is 0 Å². The fourth-order valence-corrected chi connectivity index (χ4v) is 7.40. The van der Waals surface area contributed by atoms with Crippen molar-refractivity contribution in [3.8, 4) is 0 Å². The average Bonchev–Trinajstić information content (AvgIpc) is 3.20. The molecular formula is C26H33N3O2S. The van der Waals surface area contributed by atoms with Crippen molar-refractivity contribution in [2.75, 3.05) is 11.9 Å². The molecule has 4 saturated carbocycles. The van der Waals surface area contributed by atoms with E-state index < -0.39 is 0 Å². The van der Waals surface area contributed by atoms with Crippen LogP contribution in [0.5, 0.6) is 0 Å². The molecule has 170 valence electrons. The van der Waals surface area contributed by atoms with Gasteiger partial charge in [0.25, 0.3) is 5.91 Å². The van der Waals surface area contributed by atoms with E-state index in [1.54, 1.807) is 0 Å². The first kappa shape index (κ1) is 21.6. The Morgan fingerprint density at radius 3 is 2.19 bits per heavy atom. The molecule has 4 aliphatic rings. The van der Waals surface area contributed by atoms with Gasteiger partial charge in [0.1, 0.15) is 0 Å². The molecule has 2 N–H and O–H groups in total. The summed E-state index contributed by atoms with van der Waals surface area (Å²) in [5, 5.41) is 8.40. The minimum Gasteiger partial charge on any atom is -0.343 e. The van der Waals surface area contributed by atoms with Crippen LogP contribution in [-0.2, 0) is 15.6 Å². The quantitative estimate of drug-likeness (QED) is 0.650. The van der Waals surface area contributed by atoms with Crippen molar-refractivity contribution < 1.29 is 9.59 Å². The molecule has 32 heavy (non-hydrogen) atoms. The Balaban J connectivity index is 1.16. The van der Waals surface area contributed by atoms with Gasteiger partial charge in [-0.05, 0) is 79.4 Å². The fraction of sp³-hybridized carbons (Fsp3) is 0.577. The summed E-state index contributed by atoms with van der Waals surface area (Å²) in [6.45, 7) is 6.35. The number of hydrogen-bond acceptors (Lipinski definition) is 4. The second-order valence-electron chi connectivity index (χ2n) is 11.3. The summed E-state index contributed by atoms with van der Waals surface area (Å²) < 4.78 is 0. The van der Waals surface area contributed by atoms with Gasteiger partial charge >= 0.3 is 0 Å². The average molecular weight is 452 g/mol. The number of nitrogens with zero attached hydrogens (tertiary/aromatic N) is 1. The van der Waals surface area contributed by atoms with E-state index in [0.717, 1.165) is 17.8 Å². The molecule has 2 aromatic rings. The zero-order valence-electron chi connectivity index (χ0n) is 19.2. The topological polar surface area (TPSA) is 71.1 Å². The van der Waals surface area contributed by atoms with Gasteiger partial charge in [0.2, 0.25) is 5.91 Å². The number of benzene rings is 1. The summed E-state index contributed by atoms with van der Waals surface area (Å²) >= 11 is 1.51. The third kappa shape index (κ3) is 4.21. The van der Waals surface area contributed by atoms with Crippen molar-refractivity contribution in [2.45, 2.75) is 70.1 Å². The van der Waals surface area contributed by atoms with Crippen LogP contribution in [0, 0.1) is 17.8 Å². The van der Waals surface area contributed by atoms with Crippen molar-refractivity contribution in [3.05, 3.63) is 46.5 Å². The van der Waals surface area contributed by atoms with Crippen LogP contribution in [0.25, 0.3) is 0 Å². The summed E-state index contributed by atoms with van der Waals surface area (Å²) in [5.74, 6) is 2.13. The van der Waals surface area contributed by atoms with E-state index in [9.17, 15) is 9.59 Å².